The number of hydrogen-bond donors (Lipinski definition) is 2. The van der Waals surface area contributed by atoms with Crippen molar-refractivity contribution in [3.8, 4) is 5.75 Å². The van der Waals surface area contributed by atoms with Crippen molar-refractivity contribution in [1.82, 2.24) is 5.32 Å². The third kappa shape index (κ3) is 9.77. The van der Waals surface area contributed by atoms with Crippen molar-refractivity contribution in [3.05, 3.63) is 24.0 Å². The fourth-order valence-corrected chi connectivity index (χ4v) is 2.13. The van der Waals surface area contributed by atoms with Crippen LogP contribution in [0.15, 0.2) is 18.2 Å². The third-order valence-electron chi connectivity index (χ3n) is 3.22. The molecule has 0 fully saturated rings. The van der Waals surface area contributed by atoms with Gasteiger partial charge in [0.05, 0.1) is 5.69 Å². The lowest BCUT2D eigenvalue weighted by molar-refractivity contribution is -0.158. The molecule has 29 heavy (non-hydrogen) atoms. The maximum atomic E-state index is 13.5. The van der Waals surface area contributed by atoms with Crippen molar-refractivity contribution in [2.45, 2.75) is 71.6 Å². The molecular formula is C20H29FN2O6. The summed E-state index contributed by atoms with van der Waals surface area (Å²) in [5.41, 5.74) is 3.80. The van der Waals surface area contributed by atoms with E-state index < -0.39 is 41.1 Å². The Hall–Kier alpha value is -2.84. The highest BCUT2D eigenvalue weighted by molar-refractivity contribution is 5.83. The molecule has 0 radical (unpaired) electrons. The molecule has 0 spiro atoms. The van der Waals surface area contributed by atoms with Gasteiger partial charge in [-0.25, -0.2) is 14.0 Å². The molecule has 0 aliphatic rings. The second-order valence-electron chi connectivity index (χ2n) is 8.43. The van der Waals surface area contributed by atoms with Gasteiger partial charge in [-0.1, -0.05) is 0 Å². The van der Waals surface area contributed by atoms with E-state index in [1.165, 1.54) is 12.1 Å². The number of hydrogen-bond acceptors (Lipinski definition) is 7. The molecule has 1 atom stereocenters. The quantitative estimate of drug-likeness (QED) is 0.544. The number of nitrogens with one attached hydrogen (secondary N) is 1. The van der Waals surface area contributed by atoms with E-state index in [-0.39, 0.29) is 24.3 Å². The molecule has 0 aliphatic heterocycles. The van der Waals surface area contributed by atoms with E-state index >= 15 is 0 Å². The normalized spacial score (nSPS) is 12.7. The van der Waals surface area contributed by atoms with E-state index in [0.717, 1.165) is 6.07 Å². The fraction of sp³-hybridized carbons (Fsp3) is 0.550. The minimum atomic E-state index is -1.16. The number of carbonyl (C=O) groups is 3. The number of amides is 1. The van der Waals surface area contributed by atoms with Crippen molar-refractivity contribution in [2.24, 2.45) is 0 Å². The minimum Gasteiger partial charge on any atom is -0.460 e. The SMILES string of the molecule is CC(C)(C)OC(=O)CC[C@H](NC(=O)Oc1ccc(N)c(F)c1)C(=O)OC(C)(C)C. The maximum Gasteiger partial charge on any atom is 0.413 e. The summed E-state index contributed by atoms with van der Waals surface area (Å²) in [5, 5.41) is 2.34. The largest absolute Gasteiger partial charge is 0.460 e. The van der Waals surface area contributed by atoms with Gasteiger partial charge >= 0.3 is 18.0 Å². The Kier molecular flexibility index (Phi) is 7.99. The van der Waals surface area contributed by atoms with Gasteiger partial charge in [0, 0.05) is 12.5 Å². The Balaban J connectivity index is 2.81. The van der Waals surface area contributed by atoms with Crippen LogP contribution in [0.25, 0.3) is 0 Å². The summed E-state index contributed by atoms with van der Waals surface area (Å²) in [6.07, 6.45) is -1.19. The number of carbonyl (C=O) groups excluding carboxylic acids is 3. The smallest absolute Gasteiger partial charge is 0.413 e. The van der Waals surface area contributed by atoms with Crippen LogP contribution in [-0.4, -0.2) is 35.3 Å². The number of nitrogens with two attached hydrogens (primary N) is 1. The summed E-state index contributed by atoms with van der Waals surface area (Å²) < 4.78 is 29.0. The van der Waals surface area contributed by atoms with Crippen molar-refractivity contribution >= 4 is 23.7 Å². The van der Waals surface area contributed by atoms with Gasteiger partial charge in [-0.15, -0.1) is 0 Å². The average Bonchev–Trinajstić information content (AvgIpc) is 2.51. The second-order valence-corrected chi connectivity index (χ2v) is 8.43. The molecule has 0 saturated carbocycles. The molecule has 9 heteroatoms. The van der Waals surface area contributed by atoms with E-state index in [9.17, 15) is 18.8 Å². The zero-order valence-electron chi connectivity index (χ0n) is 17.6. The molecule has 3 N–H and O–H groups in total. The second kappa shape index (κ2) is 9.58. The number of anilines is 1. The lowest BCUT2D eigenvalue weighted by Crippen LogP contribution is -2.45. The fourth-order valence-electron chi connectivity index (χ4n) is 2.13. The van der Waals surface area contributed by atoms with Gasteiger partial charge in [0.1, 0.15) is 28.8 Å². The summed E-state index contributed by atoms with van der Waals surface area (Å²) in [7, 11) is 0. The Morgan fingerprint density at radius 3 is 2.17 bits per heavy atom. The lowest BCUT2D eigenvalue weighted by atomic mass is 10.1. The zero-order valence-corrected chi connectivity index (χ0v) is 17.6. The number of benzene rings is 1. The van der Waals surface area contributed by atoms with Gasteiger partial charge in [0.25, 0.3) is 0 Å². The first-order chi connectivity index (χ1) is 13.2. The van der Waals surface area contributed by atoms with Crippen LogP contribution in [0.1, 0.15) is 54.4 Å². The highest BCUT2D eigenvalue weighted by Gasteiger charge is 2.29. The van der Waals surface area contributed by atoms with Gasteiger partial charge in [0.15, 0.2) is 0 Å². The van der Waals surface area contributed by atoms with Crippen molar-refractivity contribution in [2.75, 3.05) is 5.73 Å². The van der Waals surface area contributed by atoms with Crippen LogP contribution < -0.4 is 15.8 Å². The van der Waals surface area contributed by atoms with Gasteiger partial charge in [-0.3, -0.25) is 4.79 Å². The molecule has 0 bridgehead atoms. The predicted octanol–water partition coefficient (Wildman–Crippen LogP) is 3.33. The van der Waals surface area contributed by atoms with Crippen LogP contribution in [0.3, 0.4) is 0 Å². The molecule has 1 aromatic carbocycles. The number of esters is 2. The summed E-state index contributed by atoms with van der Waals surface area (Å²) in [6.45, 7) is 10.2. The molecule has 0 aliphatic carbocycles. The molecule has 0 aromatic heterocycles. The molecular weight excluding hydrogens is 383 g/mol. The Morgan fingerprint density at radius 2 is 1.66 bits per heavy atom. The van der Waals surface area contributed by atoms with Crippen molar-refractivity contribution < 1.29 is 33.0 Å². The van der Waals surface area contributed by atoms with E-state index in [1.807, 2.05) is 0 Å². The maximum absolute atomic E-state index is 13.5. The highest BCUT2D eigenvalue weighted by Crippen LogP contribution is 2.18. The predicted molar refractivity (Wildman–Crippen MR) is 105 cm³/mol. The molecule has 1 aromatic rings. The summed E-state index contributed by atoms with van der Waals surface area (Å²) in [5.74, 6) is -2.10. The van der Waals surface area contributed by atoms with E-state index in [2.05, 4.69) is 5.32 Å². The van der Waals surface area contributed by atoms with Gasteiger partial charge in [-0.2, -0.15) is 0 Å². The highest BCUT2D eigenvalue weighted by atomic mass is 19.1. The monoisotopic (exact) mass is 412 g/mol. The van der Waals surface area contributed by atoms with E-state index in [1.54, 1.807) is 41.5 Å². The average molecular weight is 412 g/mol. The molecule has 162 valence electrons. The first-order valence-electron chi connectivity index (χ1n) is 9.14. The lowest BCUT2D eigenvalue weighted by Gasteiger charge is -2.25. The van der Waals surface area contributed by atoms with Crippen LogP contribution in [0.2, 0.25) is 0 Å². The molecule has 1 rings (SSSR count). The zero-order chi connectivity index (χ0) is 22.4. The number of nitrogen functional groups attached to an aromatic ring is 1. The first-order valence-corrected chi connectivity index (χ1v) is 9.14. The first kappa shape index (κ1) is 24.2. The van der Waals surface area contributed by atoms with Gasteiger partial charge in [-0.05, 0) is 60.1 Å². The van der Waals surface area contributed by atoms with E-state index in [0.29, 0.717) is 0 Å². The molecule has 1 amide bonds. The third-order valence-corrected chi connectivity index (χ3v) is 3.22. The molecule has 0 saturated heterocycles. The van der Waals surface area contributed by atoms with Crippen molar-refractivity contribution in [1.29, 1.82) is 0 Å². The standard InChI is InChI=1S/C20H29FN2O6/c1-19(2,3)28-16(24)10-9-15(17(25)29-20(4,5)6)23-18(26)27-12-7-8-14(22)13(21)11-12/h7-8,11,15H,9-10,22H2,1-6H3,(H,23,26)/t15-/m0/s1. The Labute approximate surface area is 169 Å². The van der Waals surface area contributed by atoms with Gasteiger partial charge < -0.3 is 25.3 Å². The number of rotatable bonds is 6. The molecule has 8 nitrogen and oxygen atoms in total. The molecule has 0 heterocycles. The topological polar surface area (TPSA) is 117 Å². The van der Waals surface area contributed by atoms with Crippen LogP contribution >= 0.6 is 0 Å². The van der Waals surface area contributed by atoms with Crippen molar-refractivity contribution in [3.63, 3.8) is 0 Å². The van der Waals surface area contributed by atoms with Gasteiger partial charge in [0.2, 0.25) is 0 Å². The number of ether oxygens (including phenoxy) is 3. The summed E-state index contributed by atoms with van der Waals surface area (Å²) in [4.78, 5) is 36.5. The summed E-state index contributed by atoms with van der Waals surface area (Å²) >= 11 is 0. The number of halogens is 1. The van der Waals surface area contributed by atoms with E-state index in [4.69, 9.17) is 19.9 Å². The Bertz CT molecular complexity index is 752. The van der Waals surface area contributed by atoms with Crippen LogP contribution in [0, 0.1) is 5.82 Å². The molecule has 0 unspecified atom stereocenters. The summed E-state index contributed by atoms with van der Waals surface area (Å²) in [6, 6.07) is 2.33. The van der Waals surface area contributed by atoms with Crippen LogP contribution in [-0.2, 0) is 19.1 Å². The van der Waals surface area contributed by atoms with Crippen LogP contribution in [0.5, 0.6) is 5.75 Å². The minimum absolute atomic E-state index is 0.0605. The van der Waals surface area contributed by atoms with Crippen LogP contribution in [0.4, 0.5) is 14.9 Å². The Morgan fingerprint density at radius 1 is 1.07 bits per heavy atom.